The molecule has 2 aromatic heterocycles. The predicted octanol–water partition coefficient (Wildman–Crippen LogP) is 2.86. The first-order chi connectivity index (χ1) is 13.6. The molecule has 3 heterocycles. The molecule has 5 nitrogen and oxygen atoms in total. The molecular formula is C21H18N2O3S2. The highest BCUT2D eigenvalue weighted by molar-refractivity contribution is 7.11. The van der Waals surface area contributed by atoms with Gasteiger partial charge in [0.05, 0.1) is 28.5 Å². The van der Waals surface area contributed by atoms with E-state index >= 15 is 0 Å². The minimum Gasteiger partial charge on any atom is -0.463 e. The Kier molecular flexibility index (Phi) is 5.11. The minimum atomic E-state index is -0.554. The average Bonchev–Trinajstić information content (AvgIpc) is 3.30. The second-order valence-electron chi connectivity index (χ2n) is 6.23. The van der Waals surface area contributed by atoms with Gasteiger partial charge in [0.15, 0.2) is 4.80 Å². The molecule has 0 N–H and O–H groups in total. The monoisotopic (exact) mass is 410 g/mol. The van der Waals surface area contributed by atoms with Crippen molar-refractivity contribution >= 4 is 34.7 Å². The highest BCUT2D eigenvalue weighted by Gasteiger charge is 2.33. The summed E-state index contributed by atoms with van der Waals surface area (Å²) in [5.41, 5.74) is 1.68. The maximum atomic E-state index is 13.3. The van der Waals surface area contributed by atoms with Crippen LogP contribution in [0.3, 0.4) is 0 Å². The number of carbonyl (C=O) groups excluding carboxylic acids is 1. The molecule has 0 saturated heterocycles. The number of rotatable bonds is 4. The molecule has 0 saturated carbocycles. The number of esters is 1. The smallest absolute Gasteiger partial charge is 0.338 e. The number of ether oxygens (including phenoxy) is 1. The summed E-state index contributed by atoms with van der Waals surface area (Å²) >= 11 is 2.91. The molecule has 1 aromatic carbocycles. The van der Waals surface area contributed by atoms with Gasteiger partial charge < -0.3 is 4.74 Å². The Balaban J connectivity index is 1.97. The highest BCUT2D eigenvalue weighted by Crippen LogP contribution is 2.30. The summed E-state index contributed by atoms with van der Waals surface area (Å²) in [7, 11) is 0. The van der Waals surface area contributed by atoms with E-state index in [2.05, 4.69) is 4.99 Å². The molecule has 0 bridgehead atoms. The number of fused-ring (bicyclic) bond motifs is 1. The summed E-state index contributed by atoms with van der Waals surface area (Å²) in [4.78, 5) is 32.1. The summed E-state index contributed by atoms with van der Waals surface area (Å²) in [6, 6.07) is 12.9. The van der Waals surface area contributed by atoms with Gasteiger partial charge in [0.25, 0.3) is 5.56 Å². The molecule has 0 spiro atoms. The maximum absolute atomic E-state index is 13.3. The van der Waals surface area contributed by atoms with Gasteiger partial charge in [0.1, 0.15) is 0 Å². The number of hydrogen-bond acceptors (Lipinski definition) is 6. The molecule has 0 radical (unpaired) electrons. The van der Waals surface area contributed by atoms with Crippen molar-refractivity contribution in [2.45, 2.75) is 19.9 Å². The van der Waals surface area contributed by atoms with Gasteiger partial charge in [-0.25, -0.2) is 9.79 Å². The molecule has 1 aliphatic rings. The number of carbonyl (C=O) groups is 1. The first-order valence-corrected chi connectivity index (χ1v) is 10.6. The fourth-order valence-electron chi connectivity index (χ4n) is 3.24. The molecule has 0 unspecified atom stereocenters. The Morgan fingerprint density at radius 3 is 2.71 bits per heavy atom. The van der Waals surface area contributed by atoms with Crippen LogP contribution in [0.25, 0.3) is 6.08 Å². The van der Waals surface area contributed by atoms with Gasteiger partial charge >= 0.3 is 5.97 Å². The van der Waals surface area contributed by atoms with E-state index in [0.29, 0.717) is 20.6 Å². The SMILES string of the molecule is CCOC(=O)C1=C(C)N=c2s/c(=C/c3cccs3)c(=O)n2[C@H]1c1ccccc1. The quantitative estimate of drug-likeness (QED) is 0.622. The third-order valence-corrected chi connectivity index (χ3v) is 6.25. The number of hydrogen-bond donors (Lipinski definition) is 0. The zero-order chi connectivity index (χ0) is 19.7. The number of thiophene rings is 1. The van der Waals surface area contributed by atoms with Crippen molar-refractivity contribution in [1.82, 2.24) is 4.57 Å². The second kappa shape index (κ2) is 7.69. The fourth-order valence-corrected chi connectivity index (χ4v) is 5.01. The molecular weight excluding hydrogens is 392 g/mol. The van der Waals surface area contributed by atoms with Crippen molar-refractivity contribution in [3.63, 3.8) is 0 Å². The lowest BCUT2D eigenvalue weighted by Crippen LogP contribution is -2.39. The van der Waals surface area contributed by atoms with Crippen molar-refractivity contribution in [1.29, 1.82) is 0 Å². The van der Waals surface area contributed by atoms with Gasteiger partial charge in [0.2, 0.25) is 0 Å². The average molecular weight is 411 g/mol. The van der Waals surface area contributed by atoms with Gasteiger partial charge in [-0.1, -0.05) is 47.7 Å². The number of thiazole rings is 1. The van der Waals surface area contributed by atoms with Gasteiger partial charge in [-0.05, 0) is 36.9 Å². The molecule has 142 valence electrons. The van der Waals surface area contributed by atoms with Gasteiger partial charge in [-0.15, -0.1) is 11.3 Å². The number of nitrogens with zero attached hydrogens (tertiary/aromatic N) is 2. The van der Waals surface area contributed by atoms with E-state index < -0.39 is 12.0 Å². The van der Waals surface area contributed by atoms with Gasteiger partial charge in [-0.2, -0.15) is 0 Å². The number of aromatic nitrogens is 1. The largest absolute Gasteiger partial charge is 0.463 e. The first kappa shape index (κ1) is 18.6. The van der Waals surface area contributed by atoms with E-state index in [9.17, 15) is 9.59 Å². The molecule has 7 heteroatoms. The van der Waals surface area contributed by atoms with Crippen LogP contribution in [0.5, 0.6) is 0 Å². The predicted molar refractivity (Wildman–Crippen MR) is 111 cm³/mol. The summed E-state index contributed by atoms with van der Waals surface area (Å²) in [5, 5.41) is 1.97. The molecule has 1 atom stereocenters. The minimum absolute atomic E-state index is 0.152. The summed E-state index contributed by atoms with van der Waals surface area (Å²) in [6.45, 7) is 3.82. The molecule has 0 aliphatic carbocycles. The Labute approximate surface area is 169 Å². The Morgan fingerprint density at radius 2 is 2.04 bits per heavy atom. The van der Waals surface area contributed by atoms with Crippen LogP contribution in [0.1, 0.15) is 30.3 Å². The van der Waals surface area contributed by atoms with Crippen LogP contribution < -0.4 is 14.9 Å². The second-order valence-corrected chi connectivity index (χ2v) is 8.22. The van der Waals surface area contributed by atoms with E-state index in [1.54, 1.807) is 29.8 Å². The van der Waals surface area contributed by atoms with Crippen LogP contribution in [0, 0.1) is 0 Å². The van der Waals surface area contributed by atoms with Crippen LogP contribution in [-0.2, 0) is 9.53 Å². The standard InChI is InChI=1S/C21H18N2O3S2/c1-3-26-20(25)17-13(2)22-21-23(18(17)14-8-5-4-6-9-14)19(24)16(28-21)12-15-10-7-11-27-15/h4-12,18H,3H2,1-2H3/b16-12+/t18-/m0/s1. The van der Waals surface area contributed by atoms with E-state index in [4.69, 9.17) is 4.74 Å². The third kappa shape index (κ3) is 3.27. The topological polar surface area (TPSA) is 60.7 Å². The zero-order valence-corrected chi connectivity index (χ0v) is 17.0. The lowest BCUT2D eigenvalue weighted by atomic mass is 9.96. The van der Waals surface area contributed by atoms with Crippen molar-refractivity contribution in [3.8, 4) is 0 Å². The molecule has 1 aliphatic heterocycles. The van der Waals surface area contributed by atoms with Crippen molar-refractivity contribution < 1.29 is 9.53 Å². The van der Waals surface area contributed by atoms with Gasteiger partial charge in [0, 0.05) is 4.88 Å². The first-order valence-electron chi connectivity index (χ1n) is 8.88. The Morgan fingerprint density at radius 1 is 1.25 bits per heavy atom. The molecule has 28 heavy (non-hydrogen) atoms. The van der Waals surface area contributed by atoms with Gasteiger partial charge in [-0.3, -0.25) is 9.36 Å². The van der Waals surface area contributed by atoms with Crippen LogP contribution in [0.4, 0.5) is 0 Å². The highest BCUT2D eigenvalue weighted by atomic mass is 32.1. The maximum Gasteiger partial charge on any atom is 0.338 e. The summed E-state index contributed by atoms with van der Waals surface area (Å²) in [6.07, 6.45) is 1.87. The zero-order valence-electron chi connectivity index (χ0n) is 15.4. The van der Waals surface area contributed by atoms with E-state index in [1.165, 1.54) is 11.3 Å². The Hall–Kier alpha value is -2.77. The Bertz CT molecular complexity index is 1220. The van der Waals surface area contributed by atoms with Crippen LogP contribution in [0.15, 0.2) is 68.9 Å². The van der Waals surface area contributed by atoms with Crippen molar-refractivity contribution in [2.24, 2.45) is 4.99 Å². The van der Waals surface area contributed by atoms with E-state index in [0.717, 1.165) is 10.4 Å². The molecule has 0 fully saturated rings. The van der Waals surface area contributed by atoms with Crippen LogP contribution in [0.2, 0.25) is 0 Å². The van der Waals surface area contributed by atoms with E-state index in [-0.39, 0.29) is 12.2 Å². The van der Waals surface area contributed by atoms with Crippen molar-refractivity contribution in [2.75, 3.05) is 6.61 Å². The van der Waals surface area contributed by atoms with E-state index in [1.807, 2.05) is 53.9 Å². The summed E-state index contributed by atoms with van der Waals surface area (Å²) < 4.78 is 7.48. The number of allylic oxidation sites excluding steroid dienone is 1. The molecule has 3 aromatic rings. The number of benzene rings is 1. The van der Waals surface area contributed by atoms with Crippen LogP contribution in [-0.4, -0.2) is 17.1 Å². The third-order valence-electron chi connectivity index (χ3n) is 4.45. The molecule has 4 rings (SSSR count). The van der Waals surface area contributed by atoms with Crippen LogP contribution >= 0.6 is 22.7 Å². The van der Waals surface area contributed by atoms with Crippen molar-refractivity contribution in [3.05, 3.63) is 89.2 Å². The lowest BCUT2D eigenvalue weighted by Gasteiger charge is -2.24. The lowest BCUT2D eigenvalue weighted by molar-refractivity contribution is -0.139. The molecule has 0 amide bonds. The summed E-state index contributed by atoms with van der Waals surface area (Å²) in [5.74, 6) is -0.440. The fraction of sp³-hybridized carbons (Fsp3) is 0.190. The normalized spacial score (nSPS) is 16.6.